The van der Waals surface area contributed by atoms with Gasteiger partial charge in [0.05, 0.1) is 24.1 Å². The van der Waals surface area contributed by atoms with Crippen LogP contribution in [0.25, 0.3) is 0 Å². The summed E-state index contributed by atoms with van der Waals surface area (Å²) in [5.74, 6) is 0. The van der Waals surface area contributed by atoms with E-state index in [1.807, 2.05) is 4.68 Å². The topological polar surface area (TPSA) is 59.3 Å². The molecule has 0 amide bonds. The summed E-state index contributed by atoms with van der Waals surface area (Å²) in [6, 6.07) is 2.11. The lowest BCUT2D eigenvalue weighted by atomic mass is 10.3. The van der Waals surface area contributed by atoms with Crippen molar-refractivity contribution in [3.8, 4) is 0 Å². The number of aliphatic hydroxyl groups is 1. The molecule has 1 rings (SSSR count). The highest BCUT2D eigenvalue weighted by Gasteiger charge is 2.07. The molecule has 0 aliphatic heterocycles. The first-order valence-electron chi connectivity index (χ1n) is 6.14. The van der Waals surface area contributed by atoms with E-state index in [0.717, 1.165) is 30.9 Å². The number of aliphatic hydroxyl groups excluding tert-OH is 1. The maximum absolute atomic E-state index is 9.50. The number of nitrogens with zero attached hydrogens (tertiary/aromatic N) is 2. The smallest absolute Gasteiger partial charge is 0.0897 e. The summed E-state index contributed by atoms with van der Waals surface area (Å²) in [4.78, 5) is 0. The van der Waals surface area contributed by atoms with Gasteiger partial charge in [0.25, 0.3) is 0 Å². The molecule has 1 unspecified atom stereocenters. The van der Waals surface area contributed by atoms with Crippen LogP contribution in [0.15, 0.2) is 6.07 Å². The standard InChI is InChI=1S/C12H23N3O2/c1-4-10-6-11(15(5-2)14-10)7-13-8-12(16)9-17-3/h6,12-13,16H,4-5,7-9H2,1-3H3. The Bertz CT molecular complexity index is 326. The van der Waals surface area contributed by atoms with Crippen LogP contribution in [0, 0.1) is 0 Å². The van der Waals surface area contributed by atoms with E-state index in [9.17, 15) is 5.11 Å². The number of hydrogen-bond acceptors (Lipinski definition) is 4. The Balaban J connectivity index is 2.42. The number of rotatable bonds is 8. The monoisotopic (exact) mass is 241 g/mol. The van der Waals surface area contributed by atoms with Crippen LogP contribution in [0.1, 0.15) is 25.2 Å². The molecule has 0 aliphatic rings. The van der Waals surface area contributed by atoms with E-state index in [1.54, 1.807) is 7.11 Å². The third-order valence-corrected chi connectivity index (χ3v) is 2.62. The van der Waals surface area contributed by atoms with E-state index >= 15 is 0 Å². The Morgan fingerprint density at radius 3 is 2.88 bits per heavy atom. The van der Waals surface area contributed by atoms with Gasteiger partial charge in [-0.1, -0.05) is 6.92 Å². The number of ether oxygens (including phenoxy) is 1. The van der Waals surface area contributed by atoms with Crippen molar-refractivity contribution in [2.45, 2.75) is 39.5 Å². The van der Waals surface area contributed by atoms with Crippen LogP contribution >= 0.6 is 0 Å². The number of hydrogen-bond donors (Lipinski definition) is 2. The first-order valence-corrected chi connectivity index (χ1v) is 6.14. The average Bonchev–Trinajstić information content (AvgIpc) is 2.72. The van der Waals surface area contributed by atoms with Gasteiger partial charge >= 0.3 is 0 Å². The zero-order valence-corrected chi connectivity index (χ0v) is 10.9. The number of nitrogens with one attached hydrogen (secondary N) is 1. The van der Waals surface area contributed by atoms with Gasteiger partial charge in [0, 0.05) is 26.7 Å². The summed E-state index contributed by atoms with van der Waals surface area (Å²) in [5.41, 5.74) is 2.27. The fourth-order valence-corrected chi connectivity index (χ4v) is 1.72. The van der Waals surface area contributed by atoms with E-state index in [1.165, 1.54) is 0 Å². The van der Waals surface area contributed by atoms with Crippen molar-refractivity contribution in [1.82, 2.24) is 15.1 Å². The summed E-state index contributed by atoms with van der Waals surface area (Å²) in [7, 11) is 1.59. The van der Waals surface area contributed by atoms with Gasteiger partial charge in [-0.2, -0.15) is 5.10 Å². The Kier molecular flexibility index (Phi) is 6.18. The molecule has 0 saturated heterocycles. The summed E-state index contributed by atoms with van der Waals surface area (Å²) < 4.78 is 6.86. The summed E-state index contributed by atoms with van der Waals surface area (Å²) in [6.07, 6.45) is 0.496. The number of aromatic nitrogens is 2. The summed E-state index contributed by atoms with van der Waals surface area (Å²) >= 11 is 0. The third-order valence-electron chi connectivity index (χ3n) is 2.62. The highest BCUT2D eigenvalue weighted by molar-refractivity contribution is 5.10. The number of aryl methyl sites for hydroxylation is 2. The van der Waals surface area contributed by atoms with Gasteiger partial charge in [-0.25, -0.2) is 0 Å². The van der Waals surface area contributed by atoms with Crippen LogP contribution in [0.5, 0.6) is 0 Å². The van der Waals surface area contributed by atoms with E-state index in [0.29, 0.717) is 13.2 Å². The van der Waals surface area contributed by atoms with Gasteiger partial charge in [-0.3, -0.25) is 4.68 Å². The quantitative estimate of drug-likeness (QED) is 0.698. The van der Waals surface area contributed by atoms with Crippen LogP contribution in [0.3, 0.4) is 0 Å². The van der Waals surface area contributed by atoms with Crippen LogP contribution < -0.4 is 5.32 Å². The molecular weight excluding hydrogens is 218 g/mol. The molecule has 1 heterocycles. The zero-order chi connectivity index (χ0) is 12.7. The molecule has 5 nitrogen and oxygen atoms in total. The van der Waals surface area contributed by atoms with Crippen molar-refractivity contribution in [2.75, 3.05) is 20.3 Å². The molecular formula is C12H23N3O2. The van der Waals surface area contributed by atoms with Crippen molar-refractivity contribution in [1.29, 1.82) is 0 Å². The predicted molar refractivity (Wildman–Crippen MR) is 66.9 cm³/mol. The first-order chi connectivity index (χ1) is 8.21. The normalized spacial score (nSPS) is 12.9. The highest BCUT2D eigenvalue weighted by Crippen LogP contribution is 2.05. The second-order valence-corrected chi connectivity index (χ2v) is 4.04. The third kappa shape index (κ3) is 4.46. The van der Waals surface area contributed by atoms with Crippen LogP contribution in [-0.2, 0) is 24.2 Å². The SMILES string of the molecule is CCc1cc(CNCC(O)COC)n(CC)n1. The van der Waals surface area contributed by atoms with Crippen molar-refractivity contribution >= 4 is 0 Å². The Labute approximate surface area is 103 Å². The van der Waals surface area contributed by atoms with Crippen molar-refractivity contribution in [3.05, 3.63) is 17.5 Å². The first kappa shape index (κ1) is 14.2. The minimum absolute atomic E-state index is 0.361. The van der Waals surface area contributed by atoms with Crippen LogP contribution in [0.2, 0.25) is 0 Å². The summed E-state index contributed by atoms with van der Waals surface area (Å²) in [5, 5.41) is 17.2. The Morgan fingerprint density at radius 1 is 1.53 bits per heavy atom. The van der Waals surface area contributed by atoms with Gasteiger partial charge in [0.2, 0.25) is 0 Å². The van der Waals surface area contributed by atoms with E-state index in [2.05, 4.69) is 30.3 Å². The molecule has 0 radical (unpaired) electrons. The molecule has 1 aromatic rings. The van der Waals surface area contributed by atoms with Gasteiger partial charge in [-0.15, -0.1) is 0 Å². The lowest BCUT2D eigenvalue weighted by Gasteiger charge is -2.11. The van der Waals surface area contributed by atoms with Gasteiger partial charge in [0.15, 0.2) is 0 Å². The Morgan fingerprint density at radius 2 is 2.29 bits per heavy atom. The molecule has 17 heavy (non-hydrogen) atoms. The van der Waals surface area contributed by atoms with E-state index in [4.69, 9.17) is 4.74 Å². The van der Waals surface area contributed by atoms with E-state index < -0.39 is 6.10 Å². The lowest BCUT2D eigenvalue weighted by Crippen LogP contribution is -2.30. The number of methoxy groups -OCH3 is 1. The minimum atomic E-state index is -0.455. The van der Waals surface area contributed by atoms with Gasteiger partial charge in [-0.05, 0) is 19.4 Å². The van der Waals surface area contributed by atoms with Gasteiger partial charge < -0.3 is 15.2 Å². The second kappa shape index (κ2) is 7.42. The molecule has 1 aromatic heterocycles. The van der Waals surface area contributed by atoms with Gasteiger partial charge in [0.1, 0.15) is 0 Å². The highest BCUT2D eigenvalue weighted by atomic mass is 16.5. The summed E-state index contributed by atoms with van der Waals surface area (Å²) in [6.45, 7) is 6.67. The predicted octanol–water partition coefficient (Wildman–Crippen LogP) is 0.562. The molecule has 0 aromatic carbocycles. The average molecular weight is 241 g/mol. The molecule has 2 N–H and O–H groups in total. The Hall–Kier alpha value is -0.910. The van der Waals surface area contributed by atoms with E-state index in [-0.39, 0.29) is 0 Å². The maximum Gasteiger partial charge on any atom is 0.0897 e. The molecule has 0 saturated carbocycles. The minimum Gasteiger partial charge on any atom is -0.389 e. The fourth-order valence-electron chi connectivity index (χ4n) is 1.72. The van der Waals surface area contributed by atoms with Crippen LogP contribution in [0.4, 0.5) is 0 Å². The second-order valence-electron chi connectivity index (χ2n) is 4.04. The molecule has 98 valence electrons. The maximum atomic E-state index is 9.50. The molecule has 0 spiro atoms. The largest absolute Gasteiger partial charge is 0.389 e. The molecule has 5 heteroatoms. The zero-order valence-electron chi connectivity index (χ0n) is 10.9. The molecule has 1 atom stereocenters. The fraction of sp³-hybridized carbons (Fsp3) is 0.750. The lowest BCUT2D eigenvalue weighted by molar-refractivity contribution is 0.0643. The van der Waals surface area contributed by atoms with Crippen molar-refractivity contribution < 1.29 is 9.84 Å². The molecule has 0 fully saturated rings. The molecule has 0 bridgehead atoms. The molecule has 0 aliphatic carbocycles. The van der Waals surface area contributed by atoms with Crippen LogP contribution in [-0.4, -0.2) is 41.3 Å². The van der Waals surface area contributed by atoms with Crippen molar-refractivity contribution in [3.63, 3.8) is 0 Å². The van der Waals surface area contributed by atoms with Crippen molar-refractivity contribution in [2.24, 2.45) is 0 Å².